The van der Waals surface area contributed by atoms with E-state index in [4.69, 9.17) is 0 Å². The van der Waals surface area contributed by atoms with Crippen molar-refractivity contribution in [2.24, 2.45) is 0 Å². The average Bonchev–Trinajstić information content (AvgIpc) is 2.54. The molecule has 1 aliphatic carbocycles. The lowest BCUT2D eigenvalue weighted by molar-refractivity contribution is 0.527. The summed E-state index contributed by atoms with van der Waals surface area (Å²) in [6.45, 7) is 0. The van der Waals surface area contributed by atoms with Crippen LogP contribution in [0.5, 0.6) is 0 Å². The molecule has 1 fully saturated rings. The molecule has 0 spiro atoms. The first-order valence-electron chi connectivity index (χ1n) is 7.55. The Hall–Kier alpha value is -1.00. The summed E-state index contributed by atoms with van der Waals surface area (Å²) >= 11 is 3.68. The van der Waals surface area contributed by atoms with Gasteiger partial charge in [0, 0.05) is 20.3 Å². The van der Waals surface area contributed by atoms with Crippen molar-refractivity contribution in [2.75, 3.05) is 0 Å². The summed E-state index contributed by atoms with van der Waals surface area (Å²) < 4.78 is 26.0. The molecule has 2 aromatic rings. The van der Waals surface area contributed by atoms with E-state index >= 15 is 0 Å². The van der Waals surface area contributed by atoms with E-state index in [-0.39, 0.29) is 11.6 Å². The van der Waals surface area contributed by atoms with Crippen molar-refractivity contribution in [1.29, 1.82) is 0 Å². The summed E-state index contributed by atoms with van der Waals surface area (Å²) in [6, 6.07) is 13.5. The zero-order chi connectivity index (χ0) is 15.4. The van der Waals surface area contributed by atoms with E-state index in [0.717, 1.165) is 9.79 Å². The van der Waals surface area contributed by atoms with Crippen LogP contribution in [0.2, 0.25) is 0 Å². The Morgan fingerprint density at radius 1 is 0.636 bits per heavy atom. The minimum Gasteiger partial charge on any atom is -0.207 e. The highest BCUT2D eigenvalue weighted by Crippen LogP contribution is 2.41. The average molecular weight is 336 g/mol. The van der Waals surface area contributed by atoms with Crippen LogP contribution in [0.1, 0.15) is 25.7 Å². The molecule has 0 amide bonds. The third-order valence-electron chi connectivity index (χ3n) is 3.84. The maximum Gasteiger partial charge on any atom is 0.123 e. The summed E-state index contributed by atoms with van der Waals surface area (Å²) in [5.74, 6) is -0.379. The molecular weight excluding hydrogens is 318 g/mol. The van der Waals surface area contributed by atoms with Gasteiger partial charge in [-0.15, -0.1) is 23.5 Å². The van der Waals surface area contributed by atoms with Gasteiger partial charge in [0.25, 0.3) is 0 Å². The first-order valence-corrected chi connectivity index (χ1v) is 9.31. The molecule has 0 heterocycles. The van der Waals surface area contributed by atoms with Gasteiger partial charge in [0.2, 0.25) is 0 Å². The first kappa shape index (κ1) is 15.9. The van der Waals surface area contributed by atoms with Gasteiger partial charge in [0.05, 0.1) is 0 Å². The summed E-state index contributed by atoms with van der Waals surface area (Å²) in [5, 5.41) is 1.04. The lowest BCUT2D eigenvalue weighted by Crippen LogP contribution is -2.24. The van der Waals surface area contributed by atoms with Crippen molar-refractivity contribution in [1.82, 2.24) is 0 Å². The van der Waals surface area contributed by atoms with Crippen LogP contribution in [0.25, 0.3) is 0 Å². The third kappa shape index (κ3) is 4.26. The lowest BCUT2D eigenvalue weighted by Gasteiger charge is -2.30. The molecule has 116 valence electrons. The minimum atomic E-state index is -0.190. The lowest BCUT2D eigenvalue weighted by atomic mass is 10.00. The van der Waals surface area contributed by atoms with E-state index in [9.17, 15) is 8.78 Å². The number of thioether (sulfide) groups is 2. The van der Waals surface area contributed by atoms with Gasteiger partial charge in [-0.25, -0.2) is 8.78 Å². The van der Waals surface area contributed by atoms with Crippen LogP contribution in [0, 0.1) is 11.6 Å². The molecule has 0 aliphatic heterocycles. The van der Waals surface area contributed by atoms with Crippen LogP contribution in [0.15, 0.2) is 58.3 Å². The van der Waals surface area contributed by atoms with Crippen molar-refractivity contribution < 1.29 is 8.78 Å². The highest BCUT2D eigenvalue weighted by molar-refractivity contribution is 8.03. The second kappa shape index (κ2) is 7.51. The van der Waals surface area contributed by atoms with E-state index in [1.54, 1.807) is 0 Å². The maximum absolute atomic E-state index is 13.0. The number of benzene rings is 2. The van der Waals surface area contributed by atoms with Gasteiger partial charge in [0.1, 0.15) is 11.6 Å². The maximum atomic E-state index is 13.0. The largest absolute Gasteiger partial charge is 0.207 e. The van der Waals surface area contributed by atoms with Crippen LogP contribution in [0.3, 0.4) is 0 Å². The molecule has 0 N–H and O–H groups in total. The van der Waals surface area contributed by atoms with Crippen molar-refractivity contribution in [3.05, 3.63) is 60.2 Å². The van der Waals surface area contributed by atoms with Gasteiger partial charge >= 0.3 is 0 Å². The highest BCUT2D eigenvalue weighted by Gasteiger charge is 2.26. The zero-order valence-corrected chi connectivity index (χ0v) is 13.8. The summed E-state index contributed by atoms with van der Waals surface area (Å²) in [4.78, 5) is 2.25. The molecule has 0 radical (unpaired) electrons. The van der Waals surface area contributed by atoms with Crippen LogP contribution >= 0.6 is 23.5 Å². The third-order valence-corrected chi connectivity index (χ3v) is 6.84. The molecule has 4 heteroatoms. The Bertz CT molecular complexity index is 540. The van der Waals surface area contributed by atoms with Gasteiger partial charge in [-0.1, -0.05) is 12.8 Å². The Morgan fingerprint density at radius 3 is 1.36 bits per heavy atom. The molecule has 0 nitrogen and oxygen atoms in total. The van der Waals surface area contributed by atoms with E-state index in [2.05, 4.69) is 0 Å². The van der Waals surface area contributed by atoms with Crippen LogP contribution in [-0.4, -0.2) is 10.5 Å². The fraction of sp³-hybridized carbons (Fsp3) is 0.333. The molecule has 2 aromatic carbocycles. The fourth-order valence-corrected chi connectivity index (χ4v) is 5.47. The van der Waals surface area contributed by atoms with E-state index in [0.29, 0.717) is 10.5 Å². The molecule has 2 atom stereocenters. The molecule has 1 saturated carbocycles. The van der Waals surface area contributed by atoms with E-state index < -0.39 is 0 Å². The Balaban J connectivity index is 1.68. The zero-order valence-electron chi connectivity index (χ0n) is 12.2. The molecule has 22 heavy (non-hydrogen) atoms. The van der Waals surface area contributed by atoms with Gasteiger partial charge < -0.3 is 0 Å². The van der Waals surface area contributed by atoms with Crippen molar-refractivity contribution in [3.8, 4) is 0 Å². The normalized spacial score (nSPS) is 21.7. The monoisotopic (exact) mass is 336 g/mol. The SMILES string of the molecule is Fc1ccc(S[C@@H]2CCCC[C@H]2Sc2ccc(F)cc2)cc1. The molecular formula is C18H18F2S2. The standard InChI is InChI=1S/C18H18F2S2/c19-13-5-9-15(10-6-13)21-17-3-1-2-4-18(17)22-16-11-7-14(20)8-12-16/h5-12,17-18H,1-4H2/t17-,18-/m1/s1. The van der Waals surface area contributed by atoms with Crippen molar-refractivity contribution >= 4 is 23.5 Å². The predicted octanol–water partition coefficient (Wildman–Crippen LogP) is 6.16. The topological polar surface area (TPSA) is 0 Å². The number of hydrogen-bond donors (Lipinski definition) is 0. The van der Waals surface area contributed by atoms with Crippen LogP contribution in [0.4, 0.5) is 8.78 Å². The highest BCUT2D eigenvalue weighted by atomic mass is 32.2. The number of halogens is 2. The predicted molar refractivity (Wildman–Crippen MR) is 90.6 cm³/mol. The van der Waals surface area contributed by atoms with Gasteiger partial charge in [-0.3, -0.25) is 0 Å². The van der Waals surface area contributed by atoms with E-state index in [1.807, 2.05) is 47.8 Å². The Kier molecular flexibility index (Phi) is 5.42. The molecule has 3 rings (SSSR count). The first-order chi connectivity index (χ1) is 10.7. The molecule has 0 aromatic heterocycles. The molecule has 0 saturated heterocycles. The van der Waals surface area contributed by atoms with E-state index in [1.165, 1.54) is 49.9 Å². The Morgan fingerprint density at radius 2 is 1.00 bits per heavy atom. The molecule has 0 bridgehead atoms. The van der Waals surface area contributed by atoms with Crippen LogP contribution < -0.4 is 0 Å². The summed E-state index contributed by atoms with van der Waals surface area (Å²) in [6.07, 6.45) is 4.86. The second-order valence-corrected chi connectivity index (χ2v) is 8.13. The quantitative estimate of drug-likeness (QED) is 0.656. The number of rotatable bonds is 4. The van der Waals surface area contributed by atoms with Gasteiger partial charge in [-0.05, 0) is 61.4 Å². The summed E-state index contributed by atoms with van der Waals surface area (Å²) in [7, 11) is 0. The smallest absolute Gasteiger partial charge is 0.123 e. The molecule has 1 aliphatic rings. The Labute approximate surface area is 138 Å². The van der Waals surface area contributed by atoms with Crippen molar-refractivity contribution in [2.45, 2.75) is 46.0 Å². The van der Waals surface area contributed by atoms with Crippen LogP contribution in [-0.2, 0) is 0 Å². The van der Waals surface area contributed by atoms with Gasteiger partial charge in [0.15, 0.2) is 0 Å². The summed E-state index contributed by atoms with van der Waals surface area (Å²) in [5.41, 5.74) is 0. The fourth-order valence-electron chi connectivity index (χ4n) is 2.71. The second-order valence-electron chi connectivity index (χ2n) is 5.50. The van der Waals surface area contributed by atoms with Gasteiger partial charge in [-0.2, -0.15) is 0 Å². The minimum absolute atomic E-state index is 0.190. The molecule has 0 unspecified atom stereocenters. The number of hydrogen-bond acceptors (Lipinski definition) is 2. The van der Waals surface area contributed by atoms with Crippen molar-refractivity contribution in [3.63, 3.8) is 0 Å².